The van der Waals surface area contributed by atoms with Crippen LogP contribution < -0.4 is 44.9 Å². The monoisotopic (exact) mass is 422 g/mol. The number of carboxylic acids is 1. The molecule has 1 aromatic carbocycles. The first-order valence-corrected chi connectivity index (χ1v) is 9.38. The largest absolute Gasteiger partial charge is 1.00 e. The summed E-state index contributed by atoms with van der Waals surface area (Å²) in [6.45, 7) is 6.93. The predicted molar refractivity (Wildman–Crippen MR) is 103 cm³/mol. The number of anilines is 1. The Morgan fingerprint density at radius 2 is 1.97 bits per heavy atom. The first-order chi connectivity index (χ1) is 13.7. The number of fused-ring (bicyclic) bond motifs is 1. The second-order valence-electron chi connectivity index (χ2n) is 7.39. The summed E-state index contributed by atoms with van der Waals surface area (Å²) in [6.07, 6.45) is 0.818. The van der Waals surface area contributed by atoms with Gasteiger partial charge in [-0.1, -0.05) is 0 Å². The van der Waals surface area contributed by atoms with Crippen LogP contribution in [0.1, 0.15) is 56.1 Å². The number of nitrogens with one attached hydrogen (secondary N) is 1. The minimum absolute atomic E-state index is 0. The number of benzene rings is 1. The minimum atomic E-state index is -1.33. The van der Waals surface area contributed by atoms with Gasteiger partial charge in [0.05, 0.1) is 18.1 Å². The van der Waals surface area contributed by atoms with Gasteiger partial charge in [0.1, 0.15) is 12.0 Å². The Labute approximate surface area is 196 Å². The Morgan fingerprint density at radius 3 is 2.53 bits per heavy atom. The van der Waals surface area contributed by atoms with Crippen molar-refractivity contribution in [1.29, 1.82) is 0 Å². The molecule has 0 saturated heterocycles. The van der Waals surface area contributed by atoms with Gasteiger partial charge in [0, 0.05) is 29.8 Å². The molecule has 1 N–H and O–H groups in total. The van der Waals surface area contributed by atoms with Crippen LogP contribution in [-0.4, -0.2) is 30.1 Å². The van der Waals surface area contributed by atoms with Crippen molar-refractivity contribution in [1.82, 2.24) is 5.32 Å². The summed E-state index contributed by atoms with van der Waals surface area (Å²) < 4.78 is 10.6. The quantitative estimate of drug-likeness (QED) is 0.674. The van der Waals surface area contributed by atoms with E-state index in [0.717, 1.165) is 11.8 Å². The average molecular weight is 422 g/mol. The van der Waals surface area contributed by atoms with Gasteiger partial charge in [-0.3, -0.25) is 4.79 Å². The van der Waals surface area contributed by atoms with Gasteiger partial charge in [-0.2, -0.15) is 0 Å². The standard InChI is InChI=1S/C21H24N2O6.Na/c1-11(2)29-21(27)22-17-7-12(3)23(13(4)24)18-6-5-14(8-16(17)18)19-9-15(10-28-19)20(25)26;/h5-6,8-12,17H,7H2,1-4H3,(H,22,27)(H,25,26);/q;+1/p-1. The molecule has 1 aliphatic heterocycles. The Balaban J connectivity index is 0.00000320. The molecule has 2 amide bonds. The van der Waals surface area contributed by atoms with Crippen LogP contribution in [0.3, 0.4) is 0 Å². The van der Waals surface area contributed by atoms with Gasteiger partial charge in [-0.15, -0.1) is 0 Å². The van der Waals surface area contributed by atoms with E-state index in [1.54, 1.807) is 36.9 Å². The molecule has 3 rings (SSSR count). The number of alkyl carbamates (subject to hydrolysis) is 1. The van der Waals surface area contributed by atoms with Crippen molar-refractivity contribution in [2.75, 3.05) is 4.90 Å². The molecule has 9 heteroatoms. The summed E-state index contributed by atoms with van der Waals surface area (Å²) in [6, 6.07) is 6.18. The van der Waals surface area contributed by atoms with Gasteiger partial charge in [0.25, 0.3) is 0 Å². The average Bonchev–Trinajstić information content (AvgIpc) is 3.10. The molecule has 154 valence electrons. The molecule has 0 spiro atoms. The number of furan rings is 1. The molecule has 0 radical (unpaired) electrons. The number of carbonyl (C=O) groups is 3. The molecule has 0 saturated carbocycles. The molecule has 8 nitrogen and oxygen atoms in total. The summed E-state index contributed by atoms with van der Waals surface area (Å²) in [5.41, 5.74) is 1.97. The Morgan fingerprint density at radius 1 is 1.27 bits per heavy atom. The fourth-order valence-electron chi connectivity index (χ4n) is 3.62. The number of hydrogen-bond donors (Lipinski definition) is 1. The molecule has 2 aromatic rings. The molecule has 30 heavy (non-hydrogen) atoms. The van der Waals surface area contributed by atoms with Crippen LogP contribution in [0.2, 0.25) is 0 Å². The molecule has 0 aliphatic carbocycles. The third kappa shape index (κ3) is 5.06. The van der Waals surface area contributed by atoms with Crippen LogP contribution in [0.25, 0.3) is 11.3 Å². The zero-order chi connectivity index (χ0) is 21.3. The van der Waals surface area contributed by atoms with Crippen LogP contribution >= 0.6 is 0 Å². The van der Waals surface area contributed by atoms with Gasteiger partial charge >= 0.3 is 35.7 Å². The second kappa shape index (κ2) is 9.68. The number of rotatable bonds is 4. The van der Waals surface area contributed by atoms with E-state index in [1.807, 2.05) is 6.92 Å². The van der Waals surface area contributed by atoms with Crippen molar-refractivity contribution in [2.45, 2.75) is 52.3 Å². The van der Waals surface area contributed by atoms with E-state index in [9.17, 15) is 19.5 Å². The SMILES string of the molecule is CC(=O)N1c2ccc(-c3cc(C(=O)[O-])co3)cc2C(NC(=O)OC(C)C)CC1C.[Na+]. The van der Waals surface area contributed by atoms with Crippen molar-refractivity contribution in [3.8, 4) is 11.3 Å². The molecular weight excluding hydrogens is 399 g/mol. The Hall–Kier alpha value is -2.29. The maximum atomic E-state index is 12.2. The zero-order valence-electron chi connectivity index (χ0n) is 17.7. The first-order valence-electron chi connectivity index (χ1n) is 9.38. The fourth-order valence-corrected chi connectivity index (χ4v) is 3.62. The van der Waals surface area contributed by atoms with E-state index in [0.29, 0.717) is 23.4 Å². The predicted octanol–water partition coefficient (Wildman–Crippen LogP) is -0.365. The van der Waals surface area contributed by atoms with Crippen molar-refractivity contribution in [3.05, 3.63) is 41.7 Å². The van der Waals surface area contributed by atoms with E-state index in [1.165, 1.54) is 13.0 Å². The normalized spacial score (nSPS) is 17.7. The van der Waals surface area contributed by atoms with E-state index in [2.05, 4.69) is 5.32 Å². The summed E-state index contributed by atoms with van der Waals surface area (Å²) in [5, 5.41) is 13.9. The number of carboxylic acid groups (broad SMARTS) is 1. The van der Waals surface area contributed by atoms with Crippen LogP contribution in [0.5, 0.6) is 0 Å². The maximum absolute atomic E-state index is 12.2. The van der Waals surface area contributed by atoms with Crippen LogP contribution in [0, 0.1) is 0 Å². The summed E-state index contributed by atoms with van der Waals surface area (Å²) in [5.74, 6) is -1.08. The third-order valence-corrected chi connectivity index (χ3v) is 4.77. The van der Waals surface area contributed by atoms with Crippen LogP contribution in [-0.2, 0) is 9.53 Å². The number of ether oxygens (including phenoxy) is 1. The molecule has 2 atom stereocenters. The third-order valence-electron chi connectivity index (χ3n) is 4.77. The van der Waals surface area contributed by atoms with Crippen LogP contribution in [0.4, 0.5) is 10.5 Å². The number of hydrogen-bond acceptors (Lipinski definition) is 6. The number of nitrogens with zero attached hydrogens (tertiary/aromatic N) is 1. The molecule has 2 unspecified atom stereocenters. The fraction of sp³-hybridized carbons (Fsp3) is 0.381. The molecule has 0 fully saturated rings. The van der Waals surface area contributed by atoms with E-state index in [4.69, 9.17) is 9.15 Å². The van der Waals surface area contributed by atoms with Crippen molar-refractivity contribution >= 4 is 23.7 Å². The van der Waals surface area contributed by atoms with Gasteiger partial charge in [-0.05, 0) is 57.0 Å². The maximum Gasteiger partial charge on any atom is 1.00 e. The van der Waals surface area contributed by atoms with Gasteiger partial charge in [-0.25, -0.2) is 4.79 Å². The van der Waals surface area contributed by atoms with E-state index in [-0.39, 0.29) is 59.2 Å². The van der Waals surface area contributed by atoms with Gasteiger partial charge in [0.15, 0.2) is 0 Å². The summed E-state index contributed by atoms with van der Waals surface area (Å²) >= 11 is 0. The Kier molecular flexibility index (Phi) is 7.74. The van der Waals surface area contributed by atoms with E-state index >= 15 is 0 Å². The van der Waals surface area contributed by atoms with Crippen LogP contribution in [0.15, 0.2) is 34.9 Å². The number of carbonyl (C=O) groups excluding carboxylic acids is 3. The Bertz CT molecular complexity index is 955. The summed E-state index contributed by atoms with van der Waals surface area (Å²) in [4.78, 5) is 37.1. The first kappa shape index (κ1) is 24.0. The molecule has 1 aromatic heterocycles. The van der Waals surface area contributed by atoms with Crippen molar-refractivity contribution < 1.29 is 58.2 Å². The number of aromatic carboxylic acids is 1. The number of amides is 2. The van der Waals surface area contributed by atoms with Crippen molar-refractivity contribution in [2.24, 2.45) is 0 Å². The summed E-state index contributed by atoms with van der Waals surface area (Å²) in [7, 11) is 0. The zero-order valence-corrected chi connectivity index (χ0v) is 19.7. The molecule has 2 heterocycles. The minimum Gasteiger partial charge on any atom is -0.545 e. The van der Waals surface area contributed by atoms with Gasteiger partial charge < -0.3 is 29.3 Å². The molecule has 0 bridgehead atoms. The second-order valence-corrected chi connectivity index (χ2v) is 7.39. The van der Waals surface area contributed by atoms with Crippen molar-refractivity contribution in [3.63, 3.8) is 0 Å². The van der Waals surface area contributed by atoms with E-state index < -0.39 is 12.1 Å². The smallest absolute Gasteiger partial charge is 0.545 e. The molecule has 1 aliphatic rings. The molecular formula is C21H23N2NaO6. The van der Waals surface area contributed by atoms with Gasteiger partial charge in [0.2, 0.25) is 5.91 Å². The topological polar surface area (TPSA) is 112 Å².